The average molecular weight is 250 g/mol. The molecule has 0 aromatic rings. The highest BCUT2D eigenvalue weighted by atomic mass is 16.2. The standard InChI is InChI=1S/C14H22N2O2/c1-3-4-9-16-13(15-10(2)17)11-7-5-6-8-12(11)14(16)18/h13H,3-9H2,1-2H3,(H,15,17)/t13-/m0/s1. The van der Waals surface area contributed by atoms with Crippen LogP contribution in [-0.2, 0) is 9.59 Å². The maximum atomic E-state index is 12.4. The van der Waals surface area contributed by atoms with Crippen molar-refractivity contribution in [2.45, 2.75) is 58.5 Å². The third kappa shape index (κ3) is 2.42. The zero-order valence-electron chi connectivity index (χ0n) is 11.3. The lowest BCUT2D eigenvalue weighted by molar-refractivity contribution is -0.129. The van der Waals surface area contributed by atoms with Crippen molar-refractivity contribution in [3.8, 4) is 0 Å². The molecule has 2 aliphatic rings. The Morgan fingerprint density at radius 1 is 1.39 bits per heavy atom. The minimum Gasteiger partial charge on any atom is -0.332 e. The van der Waals surface area contributed by atoms with Gasteiger partial charge in [-0.25, -0.2) is 0 Å². The fourth-order valence-electron chi connectivity index (χ4n) is 2.87. The molecule has 0 spiro atoms. The van der Waals surface area contributed by atoms with Gasteiger partial charge in [-0.3, -0.25) is 9.59 Å². The molecule has 4 heteroatoms. The Labute approximate surface area is 108 Å². The number of carbonyl (C=O) groups excluding carboxylic acids is 2. The van der Waals surface area contributed by atoms with E-state index in [0.29, 0.717) is 0 Å². The number of amides is 2. The van der Waals surface area contributed by atoms with Gasteiger partial charge < -0.3 is 10.2 Å². The number of hydrogen-bond donors (Lipinski definition) is 1. The van der Waals surface area contributed by atoms with Crippen molar-refractivity contribution in [1.29, 1.82) is 0 Å². The molecule has 0 bridgehead atoms. The summed E-state index contributed by atoms with van der Waals surface area (Å²) in [4.78, 5) is 25.5. The summed E-state index contributed by atoms with van der Waals surface area (Å²) in [5, 5.41) is 2.94. The minimum atomic E-state index is -0.170. The Hall–Kier alpha value is -1.32. The van der Waals surface area contributed by atoms with Crippen LogP contribution in [0, 0.1) is 0 Å². The Morgan fingerprint density at radius 3 is 2.78 bits per heavy atom. The molecule has 1 aliphatic heterocycles. The lowest BCUT2D eigenvalue weighted by atomic mass is 9.92. The van der Waals surface area contributed by atoms with Crippen LogP contribution in [0.25, 0.3) is 0 Å². The molecule has 1 heterocycles. The molecular formula is C14H22N2O2. The van der Waals surface area contributed by atoms with Gasteiger partial charge in [0.2, 0.25) is 5.91 Å². The molecule has 0 unspecified atom stereocenters. The Kier molecular flexibility index (Phi) is 4.04. The number of unbranched alkanes of at least 4 members (excludes halogenated alkanes) is 1. The van der Waals surface area contributed by atoms with Crippen LogP contribution >= 0.6 is 0 Å². The van der Waals surface area contributed by atoms with Gasteiger partial charge in [-0.2, -0.15) is 0 Å². The van der Waals surface area contributed by atoms with Crippen molar-refractivity contribution >= 4 is 11.8 Å². The van der Waals surface area contributed by atoms with Crippen molar-refractivity contribution in [3.05, 3.63) is 11.1 Å². The molecule has 100 valence electrons. The van der Waals surface area contributed by atoms with Crippen LogP contribution in [0.15, 0.2) is 11.1 Å². The van der Waals surface area contributed by atoms with E-state index in [4.69, 9.17) is 0 Å². The molecule has 0 fully saturated rings. The lowest BCUT2D eigenvalue weighted by Gasteiger charge is -2.27. The van der Waals surface area contributed by atoms with E-state index in [1.807, 2.05) is 4.90 Å². The maximum Gasteiger partial charge on any atom is 0.251 e. The summed E-state index contributed by atoms with van der Waals surface area (Å²) < 4.78 is 0. The van der Waals surface area contributed by atoms with Crippen LogP contribution in [0.1, 0.15) is 52.4 Å². The molecule has 0 aromatic carbocycles. The quantitative estimate of drug-likeness (QED) is 0.829. The maximum absolute atomic E-state index is 12.4. The van der Waals surface area contributed by atoms with Gasteiger partial charge in [0, 0.05) is 19.0 Å². The molecule has 1 N–H and O–H groups in total. The Bertz CT molecular complexity index is 387. The lowest BCUT2D eigenvalue weighted by Crippen LogP contribution is -2.47. The highest BCUT2D eigenvalue weighted by Crippen LogP contribution is 2.35. The number of hydrogen-bond acceptors (Lipinski definition) is 2. The first-order valence-electron chi connectivity index (χ1n) is 6.95. The third-order valence-electron chi connectivity index (χ3n) is 3.76. The molecule has 0 saturated heterocycles. The summed E-state index contributed by atoms with van der Waals surface area (Å²) in [5.41, 5.74) is 2.13. The van der Waals surface area contributed by atoms with E-state index in [2.05, 4.69) is 12.2 Å². The SMILES string of the molecule is CCCCN1C(=O)C2=C(CCCC2)[C@H]1NC(C)=O. The van der Waals surface area contributed by atoms with E-state index in [-0.39, 0.29) is 18.0 Å². The molecule has 0 saturated carbocycles. The van der Waals surface area contributed by atoms with Crippen LogP contribution in [0.3, 0.4) is 0 Å². The van der Waals surface area contributed by atoms with Crippen molar-refractivity contribution in [2.75, 3.05) is 6.54 Å². The van der Waals surface area contributed by atoms with Gasteiger partial charge in [0.15, 0.2) is 0 Å². The second-order valence-corrected chi connectivity index (χ2v) is 5.17. The zero-order valence-corrected chi connectivity index (χ0v) is 11.3. The monoisotopic (exact) mass is 250 g/mol. The van der Waals surface area contributed by atoms with Crippen LogP contribution in [0.5, 0.6) is 0 Å². The fourth-order valence-corrected chi connectivity index (χ4v) is 2.87. The van der Waals surface area contributed by atoms with Gasteiger partial charge in [-0.1, -0.05) is 13.3 Å². The number of carbonyl (C=O) groups is 2. The summed E-state index contributed by atoms with van der Waals surface area (Å²) in [6, 6.07) is 0. The van der Waals surface area contributed by atoms with Crippen molar-refractivity contribution in [3.63, 3.8) is 0 Å². The molecule has 2 rings (SSSR count). The summed E-state index contributed by atoms with van der Waals surface area (Å²) in [6.45, 7) is 4.37. The second kappa shape index (κ2) is 5.55. The Morgan fingerprint density at radius 2 is 2.11 bits per heavy atom. The van der Waals surface area contributed by atoms with Crippen molar-refractivity contribution in [1.82, 2.24) is 10.2 Å². The highest BCUT2D eigenvalue weighted by Gasteiger charge is 2.39. The van der Waals surface area contributed by atoms with Crippen LogP contribution < -0.4 is 5.32 Å². The van der Waals surface area contributed by atoms with E-state index in [1.165, 1.54) is 6.92 Å². The topological polar surface area (TPSA) is 49.4 Å². The molecule has 1 aliphatic carbocycles. The van der Waals surface area contributed by atoms with Crippen LogP contribution in [0.4, 0.5) is 0 Å². The van der Waals surface area contributed by atoms with Crippen molar-refractivity contribution in [2.24, 2.45) is 0 Å². The van der Waals surface area contributed by atoms with E-state index in [9.17, 15) is 9.59 Å². The predicted octanol–water partition coefficient (Wildman–Crippen LogP) is 1.96. The van der Waals surface area contributed by atoms with Gasteiger partial charge in [0.1, 0.15) is 6.17 Å². The first-order valence-corrected chi connectivity index (χ1v) is 6.95. The van der Waals surface area contributed by atoms with Gasteiger partial charge in [-0.05, 0) is 37.7 Å². The molecule has 0 aromatic heterocycles. The van der Waals surface area contributed by atoms with E-state index in [0.717, 1.165) is 56.2 Å². The van der Waals surface area contributed by atoms with E-state index in [1.54, 1.807) is 0 Å². The summed E-state index contributed by atoms with van der Waals surface area (Å²) in [6.07, 6.45) is 5.94. The summed E-state index contributed by atoms with van der Waals surface area (Å²) in [5.74, 6) is 0.0884. The minimum absolute atomic E-state index is 0.0615. The van der Waals surface area contributed by atoms with Crippen molar-refractivity contribution < 1.29 is 9.59 Å². The Balaban J connectivity index is 2.20. The zero-order chi connectivity index (χ0) is 13.1. The summed E-state index contributed by atoms with van der Waals surface area (Å²) in [7, 11) is 0. The smallest absolute Gasteiger partial charge is 0.251 e. The third-order valence-corrected chi connectivity index (χ3v) is 3.76. The molecule has 1 atom stereocenters. The molecule has 2 amide bonds. The van der Waals surface area contributed by atoms with Gasteiger partial charge in [-0.15, -0.1) is 0 Å². The van der Waals surface area contributed by atoms with Gasteiger partial charge in [0.05, 0.1) is 0 Å². The highest BCUT2D eigenvalue weighted by molar-refractivity contribution is 5.98. The molecule has 4 nitrogen and oxygen atoms in total. The van der Waals surface area contributed by atoms with Crippen LogP contribution in [0.2, 0.25) is 0 Å². The predicted molar refractivity (Wildman–Crippen MR) is 69.7 cm³/mol. The first-order chi connectivity index (χ1) is 8.65. The summed E-state index contributed by atoms with van der Waals surface area (Å²) >= 11 is 0. The number of rotatable bonds is 4. The second-order valence-electron chi connectivity index (χ2n) is 5.17. The number of nitrogens with zero attached hydrogens (tertiary/aromatic N) is 1. The molecule has 18 heavy (non-hydrogen) atoms. The first kappa shape index (κ1) is 13.1. The molecular weight excluding hydrogens is 228 g/mol. The normalized spacial score (nSPS) is 23.3. The largest absolute Gasteiger partial charge is 0.332 e. The van der Waals surface area contributed by atoms with E-state index < -0.39 is 0 Å². The molecule has 0 radical (unpaired) electrons. The van der Waals surface area contributed by atoms with Gasteiger partial charge in [0.25, 0.3) is 5.91 Å². The van der Waals surface area contributed by atoms with E-state index >= 15 is 0 Å². The number of nitrogens with one attached hydrogen (secondary N) is 1. The van der Waals surface area contributed by atoms with Crippen LogP contribution in [-0.4, -0.2) is 29.4 Å². The van der Waals surface area contributed by atoms with Gasteiger partial charge >= 0.3 is 0 Å². The fraction of sp³-hybridized carbons (Fsp3) is 0.714. The average Bonchev–Trinajstić information content (AvgIpc) is 2.61.